The van der Waals surface area contributed by atoms with Gasteiger partial charge in [0.1, 0.15) is 23.0 Å². The van der Waals surface area contributed by atoms with Gasteiger partial charge >= 0.3 is 0 Å². The number of aryl methyl sites for hydroxylation is 1. The number of carbonyl (C=O) groups excluding carboxylic acids is 1. The Morgan fingerprint density at radius 3 is 2.64 bits per heavy atom. The number of rotatable bonds is 2. The van der Waals surface area contributed by atoms with E-state index >= 15 is 0 Å². The number of para-hydroxylation sites is 3. The van der Waals surface area contributed by atoms with Crippen LogP contribution in [0.2, 0.25) is 0 Å². The number of amidine groups is 1. The Balaban J connectivity index is 1.46. The molecule has 2 aliphatic heterocycles. The first kappa shape index (κ1) is 21.1. The summed E-state index contributed by atoms with van der Waals surface area (Å²) in [5.74, 6) is 3.02. The van der Waals surface area contributed by atoms with E-state index in [9.17, 15) is 4.79 Å². The monoisotopic (exact) mass is 441 g/mol. The minimum Gasteiger partial charge on any atom is -0.496 e. The van der Waals surface area contributed by atoms with E-state index in [0.29, 0.717) is 30.9 Å². The highest BCUT2D eigenvalue weighted by Crippen LogP contribution is 2.38. The molecule has 1 atom stereocenters. The average molecular weight is 442 g/mol. The first-order valence-corrected chi connectivity index (χ1v) is 11.2. The molecule has 0 N–H and O–H groups in total. The van der Waals surface area contributed by atoms with Crippen molar-refractivity contribution in [2.24, 2.45) is 4.99 Å². The Hall–Kier alpha value is -3.80. The van der Waals surface area contributed by atoms with Crippen molar-refractivity contribution in [1.82, 2.24) is 9.80 Å². The maximum atomic E-state index is 13.3. The van der Waals surface area contributed by atoms with Crippen LogP contribution >= 0.6 is 0 Å². The Morgan fingerprint density at radius 2 is 1.82 bits per heavy atom. The molecule has 3 aromatic carbocycles. The molecule has 5 rings (SSSR count). The van der Waals surface area contributed by atoms with Crippen LogP contribution in [0.4, 0.5) is 5.69 Å². The number of hydrogen-bond acceptors (Lipinski definition) is 5. The molecular weight excluding hydrogens is 414 g/mol. The Labute approximate surface area is 194 Å². The number of benzene rings is 3. The molecule has 2 aliphatic rings. The predicted octanol–water partition coefficient (Wildman–Crippen LogP) is 5.03. The number of carbonyl (C=O) groups is 1. The molecule has 6 nitrogen and oxygen atoms in total. The fourth-order valence-electron chi connectivity index (χ4n) is 4.50. The summed E-state index contributed by atoms with van der Waals surface area (Å²) in [6.45, 7) is 6.11. The lowest BCUT2D eigenvalue weighted by Crippen LogP contribution is -2.55. The summed E-state index contributed by atoms with van der Waals surface area (Å²) in [6, 6.07) is 21.4. The highest BCUT2D eigenvalue weighted by atomic mass is 16.5. The molecule has 1 fully saturated rings. The predicted molar refractivity (Wildman–Crippen MR) is 129 cm³/mol. The third kappa shape index (κ3) is 3.93. The molecule has 0 aromatic heterocycles. The van der Waals surface area contributed by atoms with E-state index in [1.54, 1.807) is 7.11 Å². The first-order chi connectivity index (χ1) is 16.0. The maximum Gasteiger partial charge on any atom is 0.257 e. The van der Waals surface area contributed by atoms with Gasteiger partial charge in [0.25, 0.3) is 5.91 Å². The number of fused-ring (bicyclic) bond motifs is 2. The van der Waals surface area contributed by atoms with Gasteiger partial charge in [-0.15, -0.1) is 0 Å². The van der Waals surface area contributed by atoms with Crippen LogP contribution in [0, 0.1) is 6.92 Å². The van der Waals surface area contributed by atoms with Gasteiger partial charge in [-0.05, 0) is 50.2 Å². The number of hydrogen-bond donors (Lipinski definition) is 0. The number of amides is 1. The summed E-state index contributed by atoms with van der Waals surface area (Å²) in [7, 11) is 1.59. The van der Waals surface area contributed by atoms with Crippen molar-refractivity contribution in [1.29, 1.82) is 0 Å². The number of piperazine rings is 1. The van der Waals surface area contributed by atoms with Crippen LogP contribution in [-0.4, -0.2) is 54.3 Å². The molecule has 6 heteroatoms. The highest BCUT2D eigenvalue weighted by Gasteiger charge is 2.32. The van der Waals surface area contributed by atoms with E-state index in [4.69, 9.17) is 14.5 Å². The molecule has 0 spiro atoms. The van der Waals surface area contributed by atoms with Crippen LogP contribution < -0.4 is 9.47 Å². The molecule has 33 heavy (non-hydrogen) atoms. The van der Waals surface area contributed by atoms with Crippen LogP contribution in [0.15, 0.2) is 71.7 Å². The molecule has 3 aromatic rings. The van der Waals surface area contributed by atoms with Crippen molar-refractivity contribution < 1.29 is 14.3 Å². The summed E-state index contributed by atoms with van der Waals surface area (Å²) in [4.78, 5) is 22.5. The minimum atomic E-state index is -0.00710. The summed E-state index contributed by atoms with van der Waals surface area (Å²) >= 11 is 0. The Kier molecular flexibility index (Phi) is 5.50. The van der Waals surface area contributed by atoms with Crippen molar-refractivity contribution in [3.05, 3.63) is 83.4 Å². The maximum absolute atomic E-state index is 13.3. The van der Waals surface area contributed by atoms with Crippen molar-refractivity contribution in [3.8, 4) is 17.2 Å². The molecule has 1 amide bonds. The topological polar surface area (TPSA) is 54.4 Å². The van der Waals surface area contributed by atoms with Crippen LogP contribution in [0.5, 0.6) is 17.2 Å². The summed E-state index contributed by atoms with van der Waals surface area (Å²) in [5.41, 5.74) is 3.52. The lowest BCUT2D eigenvalue weighted by molar-refractivity contribution is 0.0578. The van der Waals surface area contributed by atoms with Crippen LogP contribution in [-0.2, 0) is 0 Å². The van der Waals surface area contributed by atoms with Gasteiger partial charge in [-0.25, -0.2) is 4.99 Å². The SMILES string of the molecule is COc1ccccc1C(=O)N1CCN(C2=Nc3ccccc3Oc3ccc(C)cc32)C[C@H]1C. The number of nitrogens with zero attached hydrogens (tertiary/aromatic N) is 3. The van der Waals surface area contributed by atoms with Gasteiger partial charge in [-0.3, -0.25) is 4.79 Å². The van der Waals surface area contributed by atoms with Crippen molar-refractivity contribution in [3.63, 3.8) is 0 Å². The quantitative estimate of drug-likeness (QED) is 0.560. The molecular formula is C27H27N3O3. The van der Waals surface area contributed by atoms with Gasteiger partial charge < -0.3 is 19.3 Å². The van der Waals surface area contributed by atoms with E-state index in [2.05, 4.69) is 30.9 Å². The molecule has 0 bridgehead atoms. The lowest BCUT2D eigenvalue weighted by Gasteiger charge is -2.41. The number of ether oxygens (including phenoxy) is 2. The van der Waals surface area contributed by atoms with E-state index in [1.165, 1.54) is 0 Å². The summed E-state index contributed by atoms with van der Waals surface area (Å²) in [6.07, 6.45) is 0. The second kappa shape index (κ2) is 8.62. The molecule has 0 saturated carbocycles. The van der Waals surface area contributed by atoms with E-state index in [0.717, 1.165) is 34.1 Å². The zero-order valence-electron chi connectivity index (χ0n) is 19.1. The van der Waals surface area contributed by atoms with E-state index in [-0.39, 0.29) is 11.9 Å². The molecule has 2 heterocycles. The Bertz CT molecular complexity index is 1240. The fourth-order valence-corrected chi connectivity index (χ4v) is 4.50. The normalized spacial score (nSPS) is 17.3. The fraction of sp³-hybridized carbons (Fsp3) is 0.259. The summed E-state index contributed by atoms with van der Waals surface area (Å²) < 4.78 is 11.6. The second-order valence-electron chi connectivity index (χ2n) is 8.50. The van der Waals surface area contributed by atoms with Gasteiger partial charge in [0.15, 0.2) is 5.75 Å². The first-order valence-electron chi connectivity index (χ1n) is 11.2. The van der Waals surface area contributed by atoms with Crippen LogP contribution in [0.3, 0.4) is 0 Å². The minimum absolute atomic E-state index is 0.00605. The van der Waals surface area contributed by atoms with Gasteiger partial charge in [0.05, 0.1) is 18.2 Å². The van der Waals surface area contributed by atoms with Crippen molar-refractivity contribution in [2.45, 2.75) is 19.9 Å². The molecule has 0 aliphatic carbocycles. The smallest absolute Gasteiger partial charge is 0.257 e. The van der Waals surface area contributed by atoms with Gasteiger partial charge in [-0.2, -0.15) is 0 Å². The second-order valence-corrected chi connectivity index (χ2v) is 8.50. The van der Waals surface area contributed by atoms with Gasteiger partial charge in [0.2, 0.25) is 0 Å². The molecule has 0 unspecified atom stereocenters. The van der Waals surface area contributed by atoms with Gasteiger partial charge in [-0.1, -0.05) is 35.9 Å². The molecule has 0 radical (unpaired) electrons. The third-order valence-electron chi connectivity index (χ3n) is 6.21. The van der Waals surface area contributed by atoms with Crippen molar-refractivity contribution >= 4 is 17.4 Å². The lowest BCUT2D eigenvalue weighted by atomic mass is 10.1. The number of aliphatic imine (C=N–C) groups is 1. The largest absolute Gasteiger partial charge is 0.496 e. The standard InChI is InChI=1S/C27H27N3O3/c1-18-12-13-24-21(16-18)26(28-22-9-5-7-11-25(22)33-24)29-14-15-30(19(2)17-29)27(31)20-8-4-6-10-23(20)32-3/h4-13,16,19H,14-15,17H2,1-3H3/t19-/m1/s1. The average Bonchev–Trinajstić information content (AvgIpc) is 3.00. The van der Waals surface area contributed by atoms with Crippen LogP contribution in [0.25, 0.3) is 0 Å². The zero-order valence-corrected chi connectivity index (χ0v) is 19.1. The molecule has 1 saturated heterocycles. The third-order valence-corrected chi connectivity index (χ3v) is 6.21. The van der Waals surface area contributed by atoms with E-state index in [1.807, 2.05) is 59.5 Å². The molecule has 168 valence electrons. The Morgan fingerprint density at radius 1 is 1.03 bits per heavy atom. The van der Waals surface area contributed by atoms with Gasteiger partial charge in [0, 0.05) is 25.7 Å². The number of methoxy groups -OCH3 is 1. The van der Waals surface area contributed by atoms with Crippen LogP contribution in [0.1, 0.15) is 28.4 Å². The van der Waals surface area contributed by atoms with Crippen molar-refractivity contribution in [2.75, 3.05) is 26.7 Å². The zero-order chi connectivity index (χ0) is 22.9. The van der Waals surface area contributed by atoms with E-state index < -0.39 is 0 Å². The summed E-state index contributed by atoms with van der Waals surface area (Å²) in [5, 5.41) is 0. The highest BCUT2D eigenvalue weighted by molar-refractivity contribution is 6.04.